The minimum Gasteiger partial charge on any atom is -0.401 e. The van der Waals surface area contributed by atoms with Crippen molar-refractivity contribution in [3.05, 3.63) is 46.7 Å². The third-order valence-corrected chi connectivity index (χ3v) is 5.00. The van der Waals surface area contributed by atoms with Crippen molar-refractivity contribution in [1.82, 2.24) is 4.90 Å². The Hall–Kier alpha value is -1.26. The highest BCUT2D eigenvalue weighted by atomic mass is 15.2. The van der Waals surface area contributed by atoms with Crippen LogP contribution in [0.15, 0.2) is 24.4 Å². The molecule has 1 saturated heterocycles. The van der Waals surface area contributed by atoms with Crippen LogP contribution < -0.4 is 11.5 Å². The summed E-state index contributed by atoms with van der Waals surface area (Å²) in [6.45, 7) is 11.3. The summed E-state index contributed by atoms with van der Waals surface area (Å²) in [6, 6.07) is 4.56. The molecule has 0 saturated carbocycles. The molecule has 1 aliphatic rings. The van der Waals surface area contributed by atoms with Gasteiger partial charge in [0.2, 0.25) is 0 Å². The molecule has 1 aliphatic heterocycles. The van der Waals surface area contributed by atoms with Crippen molar-refractivity contribution >= 4 is 7.85 Å². The maximum Gasteiger partial charge on any atom is 0.101 e. The van der Waals surface area contributed by atoms with Gasteiger partial charge in [-0.25, -0.2) is 0 Å². The van der Waals surface area contributed by atoms with Gasteiger partial charge in [-0.2, -0.15) is 0 Å². The van der Waals surface area contributed by atoms with Crippen LogP contribution in [0.1, 0.15) is 22.3 Å². The predicted molar refractivity (Wildman–Crippen MR) is 97.9 cm³/mol. The third kappa shape index (κ3) is 3.93. The summed E-state index contributed by atoms with van der Waals surface area (Å²) in [6.07, 6.45) is 3.57. The third-order valence-electron chi connectivity index (χ3n) is 5.00. The Bertz CT molecular complexity index is 535. The van der Waals surface area contributed by atoms with Crippen LogP contribution in [-0.4, -0.2) is 38.4 Å². The van der Waals surface area contributed by atoms with Crippen molar-refractivity contribution in [2.75, 3.05) is 19.6 Å². The number of benzene rings is 1. The van der Waals surface area contributed by atoms with Gasteiger partial charge >= 0.3 is 0 Å². The summed E-state index contributed by atoms with van der Waals surface area (Å²) < 4.78 is 0. The number of nitrogens with two attached hydrogens (primary N) is 2. The summed E-state index contributed by atoms with van der Waals surface area (Å²) in [5, 5.41) is 0. The van der Waals surface area contributed by atoms with Crippen LogP contribution in [0.5, 0.6) is 0 Å². The van der Waals surface area contributed by atoms with E-state index >= 15 is 0 Å². The monoisotopic (exact) mass is 299 g/mol. The van der Waals surface area contributed by atoms with Crippen molar-refractivity contribution in [2.45, 2.75) is 39.1 Å². The molecule has 0 aliphatic carbocycles. The van der Waals surface area contributed by atoms with Crippen LogP contribution in [-0.2, 0) is 12.8 Å². The zero-order valence-corrected chi connectivity index (χ0v) is 14.4. The SMILES string of the molecule is BCCc1ccc(CC2CN(CC(N)C(=C)N)C2)c(C)c1C. The van der Waals surface area contributed by atoms with Crippen molar-refractivity contribution < 1.29 is 0 Å². The van der Waals surface area contributed by atoms with Crippen LogP contribution in [0.4, 0.5) is 0 Å². The van der Waals surface area contributed by atoms with E-state index in [1.165, 1.54) is 41.4 Å². The first-order chi connectivity index (χ1) is 10.4. The van der Waals surface area contributed by atoms with E-state index < -0.39 is 0 Å². The molecule has 2 rings (SSSR count). The van der Waals surface area contributed by atoms with E-state index in [0.717, 1.165) is 25.6 Å². The summed E-state index contributed by atoms with van der Waals surface area (Å²) in [5.74, 6) is 0.744. The molecule has 1 heterocycles. The van der Waals surface area contributed by atoms with Crippen molar-refractivity contribution in [3.8, 4) is 0 Å². The molecule has 1 atom stereocenters. The van der Waals surface area contributed by atoms with E-state index in [4.69, 9.17) is 11.5 Å². The lowest BCUT2D eigenvalue weighted by atomic mass is 9.86. The minimum absolute atomic E-state index is 0.0988. The molecule has 1 unspecified atom stereocenters. The van der Waals surface area contributed by atoms with Crippen molar-refractivity contribution in [3.63, 3.8) is 0 Å². The fourth-order valence-corrected chi connectivity index (χ4v) is 3.36. The number of likely N-dealkylation sites (tertiary alicyclic amines) is 1. The Kier molecular flexibility index (Phi) is 5.71. The molecule has 1 fully saturated rings. The average molecular weight is 299 g/mol. The molecule has 0 bridgehead atoms. The molecule has 4 N–H and O–H groups in total. The van der Waals surface area contributed by atoms with Crippen LogP contribution in [0, 0.1) is 19.8 Å². The lowest BCUT2D eigenvalue weighted by molar-refractivity contribution is 0.0970. The molecular weight excluding hydrogens is 269 g/mol. The van der Waals surface area contributed by atoms with Gasteiger partial charge < -0.3 is 16.4 Å². The Labute approximate surface area is 136 Å². The Morgan fingerprint density at radius 3 is 2.50 bits per heavy atom. The van der Waals surface area contributed by atoms with Gasteiger partial charge in [0, 0.05) is 25.3 Å². The van der Waals surface area contributed by atoms with E-state index in [9.17, 15) is 0 Å². The molecule has 1 aromatic rings. The molecule has 0 amide bonds. The highest BCUT2D eigenvalue weighted by Crippen LogP contribution is 2.25. The van der Waals surface area contributed by atoms with E-state index in [-0.39, 0.29) is 6.04 Å². The zero-order valence-electron chi connectivity index (χ0n) is 14.4. The number of hydrogen-bond donors (Lipinski definition) is 2. The summed E-state index contributed by atoms with van der Waals surface area (Å²) in [5.41, 5.74) is 18.2. The van der Waals surface area contributed by atoms with E-state index in [1.54, 1.807) is 0 Å². The van der Waals surface area contributed by atoms with Gasteiger partial charge in [-0.05, 0) is 54.9 Å². The molecule has 3 nitrogen and oxygen atoms in total. The Morgan fingerprint density at radius 2 is 1.91 bits per heavy atom. The number of rotatable bonds is 7. The first-order valence-electron chi connectivity index (χ1n) is 8.42. The summed E-state index contributed by atoms with van der Waals surface area (Å²) in [7, 11) is 2.24. The van der Waals surface area contributed by atoms with Crippen molar-refractivity contribution in [1.29, 1.82) is 0 Å². The molecule has 1 aromatic carbocycles. The van der Waals surface area contributed by atoms with Gasteiger partial charge in [0.25, 0.3) is 0 Å². The fraction of sp³-hybridized carbons (Fsp3) is 0.556. The lowest BCUT2D eigenvalue weighted by Crippen LogP contribution is -2.52. The number of aryl methyl sites for hydroxylation is 1. The van der Waals surface area contributed by atoms with Crippen molar-refractivity contribution in [2.24, 2.45) is 17.4 Å². The topological polar surface area (TPSA) is 55.3 Å². The van der Waals surface area contributed by atoms with Crippen LogP contribution in [0.3, 0.4) is 0 Å². The van der Waals surface area contributed by atoms with Crippen LogP contribution >= 0.6 is 0 Å². The van der Waals surface area contributed by atoms with Gasteiger partial charge in [-0.1, -0.05) is 25.0 Å². The highest BCUT2D eigenvalue weighted by Gasteiger charge is 2.28. The van der Waals surface area contributed by atoms with E-state index in [0.29, 0.717) is 5.70 Å². The predicted octanol–water partition coefficient (Wildman–Crippen LogP) is 1.17. The zero-order chi connectivity index (χ0) is 16.3. The molecule has 4 heteroatoms. The largest absolute Gasteiger partial charge is 0.401 e. The molecule has 0 aromatic heterocycles. The Balaban J connectivity index is 1.89. The second kappa shape index (κ2) is 7.34. The van der Waals surface area contributed by atoms with Gasteiger partial charge in [-0.3, -0.25) is 0 Å². The van der Waals surface area contributed by atoms with Gasteiger partial charge in [-0.15, -0.1) is 0 Å². The van der Waals surface area contributed by atoms with Crippen LogP contribution in [0.2, 0.25) is 6.32 Å². The van der Waals surface area contributed by atoms with Crippen LogP contribution in [0.25, 0.3) is 0 Å². The standard InChI is InChI=1S/C18H30BN3/c1-12-13(2)17(5-4-16(12)6-7-19)8-15-9-22(10-15)11-18(21)14(3)20/h4-5,15,18H,3,6-11,19-21H2,1-2H3. The van der Waals surface area contributed by atoms with E-state index in [2.05, 4.69) is 45.3 Å². The number of hydrogen-bond acceptors (Lipinski definition) is 3. The number of nitrogens with zero attached hydrogens (tertiary/aromatic N) is 1. The average Bonchev–Trinajstić information content (AvgIpc) is 2.43. The molecular formula is C18H30BN3. The lowest BCUT2D eigenvalue weighted by Gasteiger charge is -2.41. The van der Waals surface area contributed by atoms with Gasteiger partial charge in [0.15, 0.2) is 0 Å². The molecule has 0 radical (unpaired) electrons. The second-order valence-electron chi connectivity index (χ2n) is 6.85. The summed E-state index contributed by atoms with van der Waals surface area (Å²) in [4.78, 5) is 2.38. The van der Waals surface area contributed by atoms with Gasteiger partial charge in [0.05, 0.1) is 6.04 Å². The molecule has 22 heavy (non-hydrogen) atoms. The second-order valence-corrected chi connectivity index (χ2v) is 6.85. The maximum absolute atomic E-state index is 5.95. The highest BCUT2D eigenvalue weighted by molar-refractivity contribution is 6.08. The smallest absolute Gasteiger partial charge is 0.101 e. The fourth-order valence-electron chi connectivity index (χ4n) is 3.36. The maximum atomic E-state index is 5.95. The molecule has 120 valence electrons. The molecule has 0 spiro atoms. The quantitative estimate of drug-likeness (QED) is 0.743. The van der Waals surface area contributed by atoms with Gasteiger partial charge in [0.1, 0.15) is 7.85 Å². The summed E-state index contributed by atoms with van der Waals surface area (Å²) >= 11 is 0. The first-order valence-corrected chi connectivity index (χ1v) is 8.42. The van der Waals surface area contributed by atoms with E-state index in [1.807, 2.05) is 0 Å². The normalized spacial score (nSPS) is 17.2. The minimum atomic E-state index is -0.0988. The Morgan fingerprint density at radius 1 is 1.32 bits per heavy atom. The first kappa shape index (κ1) is 17.1.